The molecule has 0 bridgehead atoms. The average molecular weight is 348 g/mol. The number of nitrogens with one attached hydrogen (secondary N) is 1. The highest BCUT2D eigenvalue weighted by Gasteiger charge is 2.10. The summed E-state index contributed by atoms with van der Waals surface area (Å²) in [6.45, 7) is 0. The molecule has 0 unspecified atom stereocenters. The SMILES string of the molecule is O=C(O)c1ccc(Nc2nc3cccc(-c4ccc(F)cc4)n3n2)cc1. The highest BCUT2D eigenvalue weighted by molar-refractivity contribution is 5.88. The summed E-state index contributed by atoms with van der Waals surface area (Å²) < 4.78 is 14.8. The lowest BCUT2D eigenvalue weighted by atomic mass is 10.1. The van der Waals surface area contributed by atoms with E-state index in [1.165, 1.54) is 24.3 Å². The van der Waals surface area contributed by atoms with E-state index in [2.05, 4.69) is 15.4 Å². The maximum atomic E-state index is 13.2. The Kier molecular flexibility index (Phi) is 3.81. The standard InChI is InChI=1S/C19H13FN4O2/c20-14-8-4-12(5-9-14)16-2-1-3-17-22-19(23-24(16)17)21-15-10-6-13(7-11-15)18(25)26/h1-11H,(H,21,23)(H,25,26). The first-order valence-electron chi connectivity index (χ1n) is 7.82. The van der Waals surface area contributed by atoms with Crippen LogP contribution in [0.1, 0.15) is 10.4 Å². The summed E-state index contributed by atoms with van der Waals surface area (Å²) in [4.78, 5) is 15.3. The van der Waals surface area contributed by atoms with Crippen molar-refractivity contribution in [3.63, 3.8) is 0 Å². The minimum absolute atomic E-state index is 0.206. The third-order valence-corrected chi connectivity index (χ3v) is 3.89. The molecule has 0 saturated heterocycles. The molecule has 0 aliphatic rings. The van der Waals surface area contributed by atoms with Crippen LogP contribution < -0.4 is 5.32 Å². The van der Waals surface area contributed by atoms with Crippen molar-refractivity contribution < 1.29 is 14.3 Å². The first kappa shape index (κ1) is 15.8. The van der Waals surface area contributed by atoms with Crippen LogP contribution in [-0.2, 0) is 0 Å². The summed E-state index contributed by atoms with van der Waals surface area (Å²) in [5, 5.41) is 16.4. The van der Waals surface area contributed by atoms with Gasteiger partial charge in [0.1, 0.15) is 5.82 Å². The molecule has 2 aromatic heterocycles. The van der Waals surface area contributed by atoms with Gasteiger partial charge in [0.15, 0.2) is 5.65 Å². The Morgan fingerprint density at radius 1 is 1.00 bits per heavy atom. The van der Waals surface area contributed by atoms with Crippen LogP contribution in [0.2, 0.25) is 0 Å². The van der Waals surface area contributed by atoms with Crippen LogP contribution in [0.3, 0.4) is 0 Å². The second-order valence-corrected chi connectivity index (χ2v) is 5.63. The van der Waals surface area contributed by atoms with Gasteiger partial charge < -0.3 is 10.4 Å². The fourth-order valence-corrected chi connectivity index (χ4v) is 2.62. The topological polar surface area (TPSA) is 79.5 Å². The van der Waals surface area contributed by atoms with Crippen LogP contribution >= 0.6 is 0 Å². The first-order valence-corrected chi connectivity index (χ1v) is 7.82. The van der Waals surface area contributed by atoms with Crippen LogP contribution in [0, 0.1) is 5.82 Å². The Balaban J connectivity index is 1.68. The van der Waals surface area contributed by atoms with Crippen LogP contribution in [0.4, 0.5) is 16.0 Å². The van der Waals surface area contributed by atoms with Crippen molar-refractivity contribution in [2.45, 2.75) is 0 Å². The molecule has 2 aromatic carbocycles. The number of halogens is 1. The number of aromatic nitrogens is 3. The van der Waals surface area contributed by atoms with E-state index >= 15 is 0 Å². The number of benzene rings is 2. The van der Waals surface area contributed by atoms with Crippen LogP contribution in [-0.4, -0.2) is 25.7 Å². The molecule has 0 amide bonds. The van der Waals surface area contributed by atoms with Gasteiger partial charge in [-0.25, -0.2) is 13.7 Å². The Hall–Kier alpha value is -3.74. The summed E-state index contributed by atoms with van der Waals surface area (Å²) in [6.07, 6.45) is 0. The van der Waals surface area contributed by atoms with Gasteiger partial charge in [0.2, 0.25) is 5.95 Å². The number of carbonyl (C=O) groups is 1. The molecule has 0 spiro atoms. The number of aromatic carboxylic acids is 1. The van der Waals surface area contributed by atoms with Crippen molar-refractivity contribution >= 4 is 23.3 Å². The predicted octanol–water partition coefficient (Wildman–Crippen LogP) is 3.98. The van der Waals surface area contributed by atoms with Crippen LogP contribution in [0.15, 0.2) is 66.7 Å². The van der Waals surface area contributed by atoms with Gasteiger partial charge in [0, 0.05) is 11.3 Å². The normalized spacial score (nSPS) is 10.8. The van der Waals surface area contributed by atoms with Gasteiger partial charge in [0.25, 0.3) is 0 Å². The van der Waals surface area contributed by atoms with Crippen molar-refractivity contribution in [1.29, 1.82) is 0 Å². The zero-order valence-corrected chi connectivity index (χ0v) is 13.4. The van der Waals surface area contributed by atoms with Gasteiger partial charge >= 0.3 is 5.97 Å². The molecular formula is C19H13FN4O2. The molecule has 26 heavy (non-hydrogen) atoms. The number of fused-ring (bicyclic) bond motifs is 1. The number of carboxylic acid groups (broad SMARTS) is 1. The summed E-state index contributed by atoms with van der Waals surface area (Å²) in [7, 11) is 0. The molecule has 7 heteroatoms. The molecule has 0 radical (unpaired) electrons. The second-order valence-electron chi connectivity index (χ2n) is 5.63. The van der Waals surface area contributed by atoms with Crippen molar-refractivity contribution in [2.24, 2.45) is 0 Å². The van der Waals surface area contributed by atoms with Crippen molar-refractivity contribution in [3.8, 4) is 11.3 Å². The highest BCUT2D eigenvalue weighted by Crippen LogP contribution is 2.22. The Morgan fingerprint density at radius 2 is 1.73 bits per heavy atom. The molecule has 0 saturated carbocycles. The number of rotatable bonds is 4. The van der Waals surface area contributed by atoms with Gasteiger partial charge in [-0.3, -0.25) is 0 Å². The second kappa shape index (κ2) is 6.29. The average Bonchev–Trinajstić information content (AvgIpc) is 3.05. The van der Waals surface area contributed by atoms with E-state index in [0.717, 1.165) is 11.3 Å². The number of hydrogen-bond donors (Lipinski definition) is 2. The molecule has 0 aliphatic carbocycles. The Morgan fingerprint density at radius 3 is 2.42 bits per heavy atom. The minimum atomic E-state index is -0.980. The van der Waals surface area contributed by atoms with Crippen molar-refractivity contribution in [3.05, 3.63) is 78.1 Å². The largest absolute Gasteiger partial charge is 0.478 e. The zero-order chi connectivity index (χ0) is 18.1. The molecule has 128 valence electrons. The number of carboxylic acids is 1. The third kappa shape index (κ3) is 2.98. The zero-order valence-electron chi connectivity index (χ0n) is 13.4. The number of hydrogen-bond acceptors (Lipinski definition) is 4. The van der Waals surface area contributed by atoms with E-state index < -0.39 is 5.97 Å². The lowest BCUT2D eigenvalue weighted by molar-refractivity contribution is 0.0697. The molecule has 2 N–H and O–H groups in total. The third-order valence-electron chi connectivity index (χ3n) is 3.89. The van der Waals surface area contributed by atoms with E-state index in [9.17, 15) is 9.18 Å². The maximum Gasteiger partial charge on any atom is 0.335 e. The molecule has 0 aliphatic heterocycles. The van der Waals surface area contributed by atoms with E-state index in [1.807, 2.05) is 18.2 Å². The van der Waals surface area contributed by atoms with E-state index in [1.54, 1.807) is 28.8 Å². The smallest absolute Gasteiger partial charge is 0.335 e. The van der Waals surface area contributed by atoms with Gasteiger partial charge in [-0.2, -0.15) is 4.98 Å². The maximum absolute atomic E-state index is 13.2. The molecule has 0 fully saturated rings. The fraction of sp³-hybridized carbons (Fsp3) is 0. The summed E-state index contributed by atoms with van der Waals surface area (Å²) >= 11 is 0. The molecular weight excluding hydrogens is 335 g/mol. The number of anilines is 2. The Bertz CT molecular complexity index is 1090. The van der Waals surface area contributed by atoms with Crippen molar-refractivity contribution in [2.75, 3.05) is 5.32 Å². The molecule has 6 nitrogen and oxygen atoms in total. The summed E-state index contributed by atoms with van der Waals surface area (Å²) in [5.74, 6) is -0.902. The van der Waals surface area contributed by atoms with Gasteiger partial charge in [-0.15, -0.1) is 5.10 Å². The lowest BCUT2D eigenvalue weighted by Crippen LogP contribution is -1.98. The van der Waals surface area contributed by atoms with E-state index in [0.29, 0.717) is 17.3 Å². The Labute approximate surface area is 147 Å². The van der Waals surface area contributed by atoms with E-state index in [4.69, 9.17) is 5.11 Å². The van der Waals surface area contributed by atoms with Gasteiger partial charge in [-0.1, -0.05) is 6.07 Å². The first-order chi connectivity index (χ1) is 12.6. The highest BCUT2D eigenvalue weighted by atomic mass is 19.1. The summed E-state index contributed by atoms with van der Waals surface area (Å²) in [5.41, 5.74) is 3.12. The predicted molar refractivity (Wildman–Crippen MR) is 95.1 cm³/mol. The summed E-state index contributed by atoms with van der Waals surface area (Å²) in [6, 6.07) is 18.0. The van der Waals surface area contributed by atoms with Crippen LogP contribution in [0.25, 0.3) is 16.9 Å². The van der Waals surface area contributed by atoms with E-state index in [-0.39, 0.29) is 11.4 Å². The number of nitrogens with zero attached hydrogens (tertiary/aromatic N) is 3. The molecule has 2 heterocycles. The monoisotopic (exact) mass is 348 g/mol. The molecule has 0 atom stereocenters. The number of pyridine rings is 1. The lowest BCUT2D eigenvalue weighted by Gasteiger charge is -2.04. The molecule has 4 rings (SSSR count). The minimum Gasteiger partial charge on any atom is -0.478 e. The van der Waals surface area contributed by atoms with Gasteiger partial charge in [-0.05, 0) is 60.7 Å². The van der Waals surface area contributed by atoms with Crippen molar-refractivity contribution in [1.82, 2.24) is 14.6 Å². The quantitative estimate of drug-likeness (QED) is 0.583. The van der Waals surface area contributed by atoms with Crippen LogP contribution in [0.5, 0.6) is 0 Å². The van der Waals surface area contributed by atoms with Gasteiger partial charge in [0.05, 0.1) is 11.3 Å². The molecule has 4 aromatic rings. The fourth-order valence-electron chi connectivity index (χ4n) is 2.62.